The van der Waals surface area contributed by atoms with Crippen molar-refractivity contribution in [1.82, 2.24) is 14.7 Å². The minimum atomic E-state index is -0.626. The summed E-state index contributed by atoms with van der Waals surface area (Å²) in [6, 6.07) is 0. The molecule has 112 valence electrons. The van der Waals surface area contributed by atoms with Gasteiger partial charge in [-0.3, -0.25) is 4.79 Å². The van der Waals surface area contributed by atoms with Crippen LogP contribution in [0.15, 0.2) is 15.5 Å². The van der Waals surface area contributed by atoms with E-state index < -0.39 is 5.60 Å². The van der Waals surface area contributed by atoms with Crippen LogP contribution in [0.5, 0.6) is 0 Å². The van der Waals surface area contributed by atoms with Crippen LogP contribution in [0.2, 0.25) is 0 Å². The van der Waals surface area contributed by atoms with Gasteiger partial charge in [-0.1, -0.05) is 0 Å². The summed E-state index contributed by atoms with van der Waals surface area (Å²) in [6.45, 7) is 1.76. The lowest BCUT2D eigenvalue weighted by Crippen LogP contribution is -2.43. The summed E-state index contributed by atoms with van der Waals surface area (Å²) in [6.07, 6.45) is 4.31. The molecular formula is C13H21BrN4O2. The Balaban J connectivity index is 2.04. The Morgan fingerprint density at radius 2 is 2.25 bits per heavy atom. The van der Waals surface area contributed by atoms with E-state index in [1.54, 1.807) is 6.20 Å². The summed E-state index contributed by atoms with van der Waals surface area (Å²) in [7, 11) is 3.91. The second-order valence-electron chi connectivity index (χ2n) is 5.64. The molecule has 0 saturated heterocycles. The second-order valence-corrected chi connectivity index (χ2v) is 6.43. The summed E-state index contributed by atoms with van der Waals surface area (Å²) < 4.78 is 1.90. The van der Waals surface area contributed by atoms with Crippen LogP contribution < -0.4 is 10.9 Å². The molecule has 2 N–H and O–H groups in total. The molecule has 0 aliphatic heterocycles. The fourth-order valence-corrected chi connectivity index (χ4v) is 2.51. The fourth-order valence-electron chi connectivity index (χ4n) is 2.06. The van der Waals surface area contributed by atoms with Gasteiger partial charge in [0, 0.05) is 13.1 Å². The van der Waals surface area contributed by atoms with E-state index in [0.717, 1.165) is 25.8 Å². The van der Waals surface area contributed by atoms with Gasteiger partial charge in [-0.2, -0.15) is 5.10 Å². The van der Waals surface area contributed by atoms with E-state index in [1.807, 2.05) is 19.0 Å². The molecule has 1 fully saturated rings. The van der Waals surface area contributed by atoms with Crippen molar-refractivity contribution in [2.75, 3.05) is 32.5 Å². The number of aliphatic hydroxyl groups is 1. The average molecular weight is 345 g/mol. The van der Waals surface area contributed by atoms with Crippen molar-refractivity contribution in [3.05, 3.63) is 21.0 Å². The highest BCUT2D eigenvalue weighted by Gasteiger charge is 2.34. The minimum absolute atomic E-state index is 0.155. The van der Waals surface area contributed by atoms with Gasteiger partial charge >= 0.3 is 0 Å². The molecule has 1 heterocycles. The molecule has 1 saturated carbocycles. The van der Waals surface area contributed by atoms with Crippen molar-refractivity contribution in [3.8, 4) is 0 Å². The Morgan fingerprint density at radius 1 is 1.55 bits per heavy atom. The third-order valence-corrected chi connectivity index (χ3v) is 4.40. The first-order valence-corrected chi connectivity index (χ1v) is 7.57. The molecule has 0 unspecified atom stereocenters. The topological polar surface area (TPSA) is 70.4 Å². The molecule has 0 amide bonds. The van der Waals surface area contributed by atoms with E-state index in [2.05, 4.69) is 26.3 Å². The SMILES string of the molecule is CN(C)CCn1ncc(NCC2(O)CCC2)c(Br)c1=O. The van der Waals surface area contributed by atoms with E-state index in [0.29, 0.717) is 23.2 Å². The molecule has 0 radical (unpaired) electrons. The van der Waals surface area contributed by atoms with Crippen LogP contribution >= 0.6 is 15.9 Å². The second kappa shape index (κ2) is 6.24. The summed E-state index contributed by atoms with van der Waals surface area (Å²) in [5.41, 5.74) is -0.145. The molecule has 0 spiro atoms. The van der Waals surface area contributed by atoms with Crippen LogP contribution in [0.4, 0.5) is 5.69 Å². The van der Waals surface area contributed by atoms with Gasteiger partial charge in [0.25, 0.3) is 5.56 Å². The molecule has 0 atom stereocenters. The van der Waals surface area contributed by atoms with Crippen LogP contribution in [0, 0.1) is 0 Å². The Labute approximate surface area is 126 Å². The van der Waals surface area contributed by atoms with E-state index in [9.17, 15) is 9.90 Å². The van der Waals surface area contributed by atoms with Crippen LogP contribution in [0.25, 0.3) is 0 Å². The number of halogens is 1. The number of nitrogens with zero attached hydrogens (tertiary/aromatic N) is 3. The molecule has 1 aliphatic rings. The molecule has 1 aromatic heterocycles. The summed E-state index contributed by atoms with van der Waals surface area (Å²) in [5, 5.41) is 17.3. The van der Waals surface area contributed by atoms with Gasteiger partial charge in [0.15, 0.2) is 0 Å². The van der Waals surface area contributed by atoms with E-state index in [-0.39, 0.29) is 5.56 Å². The van der Waals surface area contributed by atoms with Gasteiger partial charge in [0.1, 0.15) is 4.47 Å². The third kappa shape index (κ3) is 3.59. The molecule has 1 aromatic rings. The zero-order valence-corrected chi connectivity index (χ0v) is 13.5. The predicted molar refractivity (Wildman–Crippen MR) is 82.0 cm³/mol. The average Bonchev–Trinajstić information content (AvgIpc) is 2.37. The molecule has 6 nitrogen and oxygen atoms in total. The van der Waals surface area contributed by atoms with Crippen molar-refractivity contribution in [3.63, 3.8) is 0 Å². The molecule has 0 aromatic carbocycles. The number of nitrogens with one attached hydrogen (secondary N) is 1. The van der Waals surface area contributed by atoms with Crippen molar-refractivity contribution >= 4 is 21.6 Å². The Kier molecular flexibility index (Phi) is 4.82. The van der Waals surface area contributed by atoms with Crippen molar-refractivity contribution in [2.24, 2.45) is 0 Å². The standard InChI is InChI=1S/C13H21BrN4O2/c1-17(2)6-7-18-12(19)11(14)10(8-16-18)15-9-13(20)4-3-5-13/h8,15,20H,3-7,9H2,1-2H3. The molecular weight excluding hydrogens is 324 g/mol. The van der Waals surface area contributed by atoms with Gasteiger partial charge in [0.05, 0.1) is 24.0 Å². The van der Waals surface area contributed by atoms with Gasteiger partial charge in [-0.25, -0.2) is 4.68 Å². The highest BCUT2D eigenvalue weighted by Crippen LogP contribution is 2.32. The largest absolute Gasteiger partial charge is 0.388 e. The molecule has 2 rings (SSSR count). The number of hydrogen-bond donors (Lipinski definition) is 2. The molecule has 20 heavy (non-hydrogen) atoms. The zero-order chi connectivity index (χ0) is 14.8. The first-order valence-electron chi connectivity index (χ1n) is 6.78. The summed E-state index contributed by atoms with van der Waals surface area (Å²) in [5.74, 6) is 0. The van der Waals surface area contributed by atoms with Crippen LogP contribution in [-0.2, 0) is 6.54 Å². The highest BCUT2D eigenvalue weighted by atomic mass is 79.9. The lowest BCUT2D eigenvalue weighted by atomic mass is 9.80. The van der Waals surface area contributed by atoms with E-state index >= 15 is 0 Å². The minimum Gasteiger partial charge on any atom is -0.388 e. The van der Waals surface area contributed by atoms with Crippen LogP contribution in [-0.4, -0.2) is 52.6 Å². The molecule has 1 aliphatic carbocycles. The van der Waals surface area contributed by atoms with E-state index in [4.69, 9.17) is 0 Å². The lowest BCUT2D eigenvalue weighted by Gasteiger charge is -2.36. The third-order valence-electron chi connectivity index (χ3n) is 3.64. The number of aromatic nitrogens is 2. The molecule has 0 bridgehead atoms. The number of anilines is 1. The van der Waals surface area contributed by atoms with Crippen molar-refractivity contribution in [1.29, 1.82) is 0 Å². The number of likely N-dealkylation sites (N-methyl/N-ethyl adjacent to an activating group) is 1. The Morgan fingerprint density at radius 3 is 2.80 bits per heavy atom. The monoisotopic (exact) mass is 344 g/mol. The first kappa shape index (κ1) is 15.5. The Hall–Kier alpha value is -0.920. The number of hydrogen-bond acceptors (Lipinski definition) is 5. The Bertz CT molecular complexity index is 526. The van der Waals surface area contributed by atoms with Crippen LogP contribution in [0.1, 0.15) is 19.3 Å². The predicted octanol–water partition coefficient (Wildman–Crippen LogP) is 0.894. The maximum absolute atomic E-state index is 12.1. The van der Waals surface area contributed by atoms with Gasteiger partial charge in [0.2, 0.25) is 0 Å². The zero-order valence-electron chi connectivity index (χ0n) is 11.9. The quantitative estimate of drug-likeness (QED) is 0.802. The smallest absolute Gasteiger partial charge is 0.283 e. The molecule has 7 heteroatoms. The number of rotatable bonds is 6. The lowest BCUT2D eigenvalue weighted by molar-refractivity contribution is -0.0202. The van der Waals surface area contributed by atoms with Gasteiger partial charge < -0.3 is 15.3 Å². The van der Waals surface area contributed by atoms with Crippen molar-refractivity contribution in [2.45, 2.75) is 31.4 Å². The summed E-state index contributed by atoms with van der Waals surface area (Å²) in [4.78, 5) is 14.1. The van der Waals surface area contributed by atoms with Gasteiger partial charge in [-0.05, 0) is 49.3 Å². The van der Waals surface area contributed by atoms with Crippen molar-refractivity contribution < 1.29 is 5.11 Å². The summed E-state index contributed by atoms with van der Waals surface area (Å²) >= 11 is 3.31. The maximum Gasteiger partial charge on any atom is 0.283 e. The van der Waals surface area contributed by atoms with Gasteiger partial charge in [-0.15, -0.1) is 0 Å². The van der Waals surface area contributed by atoms with Crippen LogP contribution in [0.3, 0.4) is 0 Å². The van der Waals surface area contributed by atoms with E-state index in [1.165, 1.54) is 4.68 Å². The first-order chi connectivity index (χ1) is 9.41. The highest BCUT2D eigenvalue weighted by molar-refractivity contribution is 9.10. The maximum atomic E-state index is 12.1. The normalized spacial score (nSPS) is 17.1. The fraction of sp³-hybridized carbons (Fsp3) is 0.692.